The molecule has 1 aromatic carbocycles. The Kier molecular flexibility index (Phi) is 7.89. The van der Waals surface area contributed by atoms with Crippen molar-refractivity contribution in [2.24, 2.45) is 5.84 Å². The summed E-state index contributed by atoms with van der Waals surface area (Å²) in [5, 5.41) is 0. The molecule has 0 saturated carbocycles. The molecule has 0 spiro atoms. The van der Waals surface area contributed by atoms with Crippen LogP contribution < -0.4 is 31.5 Å². The lowest BCUT2D eigenvalue weighted by molar-refractivity contribution is 0.146. The molecule has 1 aromatic heterocycles. The molecule has 1 fully saturated rings. The second-order valence-electron chi connectivity index (χ2n) is 7.20. The fraction of sp³-hybridized carbons (Fsp3) is 0.500. The number of nitrogens with zero attached hydrogens (tertiary/aromatic N) is 5. The first-order valence-electron chi connectivity index (χ1n) is 10.1. The highest BCUT2D eigenvalue weighted by Gasteiger charge is 2.18. The molecule has 1 saturated heterocycles. The van der Waals surface area contributed by atoms with E-state index in [4.69, 9.17) is 21.1 Å². The van der Waals surface area contributed by atoms with E-state index in [1.165, 1.54) is 5.69 Å². The van der Waals surface area contributed by atoms with Crippen LogP contribution in [0.5, 0.6) is 5.75 Å². The Balaban J connectivity index is 1.44. The van der Waals surface area contributed by atoms with E-state index >= 15 is 0 Å². The number of piperazine rings is 1. The van der Waals surface area contributed by atoms with Gasteiger partial charge in [-0.25, -0.2) is 5.84 Å². The third-order valence-electron chi connectivity index (χ3n) is 5.15. The van der Waals surface area contributed by atoms with Crippen LogP contribution in [0.25, 0.3) is 0 Å². The van der Waals surface area contributed by atoms with Crippen LogP contribution in [0, 0.1) is 0 Å². The SMILES string of the molecule is COCCOc1ccc(N2CCN(CCN(C)c3cc(NN)nc(N)n3)CC2)cc1. The summed E-state index contributed by atoms with van der Waals surface area (Å²) in [7, 11) is 3.67. The van der Waals surface area contributed by atoms with Crippen LogP contribution in [0.15, 0.2) is 30.3 Å². The third-order valence-corrected chi connectivity index (χ3v) is 5.15. The van der Waals surface area contributed by atoms with E-state index in [1.807, 2.05) is 19.2 Å². The summed E-state index contributed by atoms with van der Waals surface area (Å²) < 4.78 is 10.6. The molecule has 0 aliphatic carbocycles. The fourth-order valence-corrected chi connectivity index (χ4v) is 3.35. The molecule has 0 unspecified atom stereocenters. The molecule has 0 radical (unpaired) electrons. The number of anilines is 4. The number of methoxy groups -OCH3 is 1. The molecular formula is C20H32N8O2. The lowest BCUT2D eigenvalue weighted by Gasteiger charge is -2.36. The maximum Gasteiger partial charge on any atom is 0.223 e. The number of benzene rings is 1. The summed E-state index contributed by atoms with van der Waals surface area (Å²) in [5.74, 6) is 7.77. The molecular weight excluding hydrogens is 384 g/mol. The minimum absolute atomic E-state index is 0.205. The highest BCUT2D eigenvalue weighted by Crippen LogP contribution is 2.21. The van der Waals surface area contributed by atoms with Gasteiger partial charge in [0, 0.05) is 65.2 Å². The molecule has 5 N–H and O–H groups in total. The highest BCUT2D eigenvalue weighted by molar-refractivity contribution is 5.52. The number of aromatic nitrogens is 2. The maximum atomic E-state index is 5.75. The van der Waals surface area contributed by atoms with Crippen molar-refractivity contribution in [2.75, 3.05) is 87.6 Å². The zero-order valence-electron chi connectivity index (χ0n) is 17.8. The Morgan fingerprint density at radius 1 is 1.10 bits per heavy atom. The van der Waals surface area contributed by atoms with E-state index in [0.717, 1.165) is 50.8 Å². The number of ether oxygens (including phenoxy) is 2. The average molecular weight is 417 g/mol. The van der Waals surface area contributed by atoms with Gasteiger partial charge in [-0.3, -0.25) is 4.90 Å². The van der Waals surface area contributed by atoms with Crippen LogP contribution in [-0.2, 0) is 4.74 Å². The quantitative estimate of drug-likeness (QED) is 0.289. The van der Waals surface area contributed by atoms with E-state index in [0.29, 0.717) is 19.0 Å². The first-order valence-corrected chi connectivity index (χ1v) is 10.1. The molecule has 10 nitrogen and oxygen atoms in total. The van der Waals surface area contributed by atoms with Crippen molar-refractivity contribution < 1.29 is 9.47 Å². The lowest BCUT2D eigenvalue weighted by atomic mass is 10.2. The Bertz CT molecular complexity index is 781. The van der Waals surface area contributed by atoms with Gasteiger partial charge in [-0.05, 0) is 24.3 Å². The number of nitrogens with two attached hydrogens (primary N) is 2. The summed E-state index contributed by atoms with van der Waals surface area (Å²) in [6.45, 7) is 6.97. The standard InChI is InChI=1S/C20H32N8O2/c1-26(19-15-18(25-22)23-20(21)24-19)7-8-27-9-11-28(12-10-27)16-3-5-17(6-4-16)30-14-13-29-2/h3-6,15H,7-14,22H2,1-2H3,(H3,21,23,24,25). The van der Waals surface area contributed by atoms with Crippen molar-refractivity contribution in [1.82, 2.24) is 14.9 Å². The molecule has 1 aliphatic heterocycles. The molecule has 164 valence electrons. The smallest absolute Gasteiger partial charge is 0.223 e. The molecule has 1 aliphatic rings. The number of hydrogen-bond acceptors (Lipinski definition) is 10. The van der Waals surface area contributed by atoms with Crippen LogP contribution in [0.2, 0.25) is 0 Å². The van der Waals surface area contributed by atoms with Crippen molar-refractivity contribution >= 4 is 23.3 Å². The molecule has 2 aromatic rings. The number of hydrazine groups is 1. The van der Waals surface area contributed by atoms with Crippen molar-refractivity contribution in [2.45, 2.75) is 0 Å². The number of rotatable bonds is 10. The van der Waals surface area contributed by atoms with Gasteiger partial charge in [0.1, 0.15) is 24.0 Å². The van der Waals surface area contributed by atoms with Crippen LogP contribution in [0.3, 0.4) is 0 Å². The Morgan fingerprint density at radius 2 is 1.83 bits per heavy atom. The minimum atomic E-state index is 0.205. The number of nitrogens with one attached hydrogen (secondary N) is 1. The lowest BCUT2D eigenvalue weighted by Crippen LogP contribution is -2.48. The Labute approximate surface area is 177 Å². The summed E-state index contributed by atoms with van der Waals surface area (Å²) in [5.41, 5.74) is 9.49. The highest BCUT2D eigenvalue weighted by atomic mass is 16.5. The molecule has 10 heteroatoms. The third kappa shape index (κ3) is 6.09. The fourth-order valence-electron chi connectivity index (χ4n) is 3.35. The first kappa shape index (κ1) is 21.9. The van der Waals surface area contributed by atoms with Crippen molar-refractivity contribution in [1.29, 1.82) is 0 Å². The van der Waals surface area contributed by atoms with Crippen molar-refractivity contribution in [3.8, 4) is 5.75 Å². The van der Waals surface area contributed by atoms with Gasteiger partial charge >= 0.3 is 0 Å². The normalized spacial score (nSPS) is 14.6. The summed E-state index contributed by atoms with van der Waals surface area (Å²) in [6, 6.07) is 10.1. The molecule has 3 rings (SSSR count). The van der Waals surface area contributed by atoms with Gasteiger partial charge in [0.2, 0.25) is 5.95 Å². The van der Waals surface area contributed by atoms with Crippen LogP contribution in [0.4, 0.5) is 23.3 Å². The van der Waals surface area contributed by atoms with Gasteiger partial charge in [-0.15, -0.1) is 0 Å². The van der Waals surface area contributed by atoms with Gasteiger partial charge < -0.3 is 30.4 Å². The predicted octanol–water partition coefficient (Wildman–Crippen LogP) is 0.628. The number of likely N-dealkylation sites (N-methyl/N-ethyl adjacent to an activating group) is 1. The van der Waals surface area contributed by atoms with Crippen LogP contribution >= 0.6 is 0 Å². The van der Waals surface area contributed by atoms with Gasteiger partial charge in [0.25, 0.3) is 0 Å². The Morgan fingerprint density at radius 3 is 2.50 bits per heavy atom. The van der Waals surface area contributed by atoms with E-state index in [9.17, 15) is 0 Å². The van der Waals surface area contributed by atoms with E-state index < -0.39 is 0 Å². The minimum Gasteiger partial charge on any atom is -0.491 e. The summed E-state index contributed by atoms with van der Waals surface area (Å²) in [4.78, 5) is 15.2. The topological polar surface area (TPSA) is 118 Å². The zero-order valence-corrected chi connectivity index (χ0v) is 17.8. The van der Waals surface area contributed by atoms with Gasteiger partial charge in [-0.1, -0.05) is 0 Å². The van der Waals surface area contributed by atoms with Gasteiger partial charge in [-0.2, -0.15) is 9.97 Å². The van der Waals surface area contributed by atoms with Gasteiger partial charge in [0.15, 0.2) is 0 Å². The number of hydrogen-bond donors (Lipinski definition) is 3. The van der Waals surface area contributed by atoms with Crippen LogP contribution in [0.1, 0.15) is 0 Å². The Hall–Kier alpha value is -2.82. The monoisotopic (exact) mass is 416 g/mol. The van der Waals surface area contributed by atoms with E-state index in [2.05, 4.69) is 42.2 Å². The second kappa shape index (κ2) is 10.8. The molecule has 30 heavy (non-hydrogen) atoms. The molecule has 0 amide bonds. The summed E-state index contributed by atoms with van der Waals surface area (Å²) >= 11 is 0. The molecule has 0 atom stereocenters. The molecule has 2 heterocycles. The first-order chi connectivity index (χ1) is 14.6. The summed E-state index contributed by atoms with van der Waals surface area (Å²) in [6.07, 6.45) is 0. The van der Waals surface area contributed by atoms with Gasteiger partial charge in [0.05, 0.1) is 6.61 Å². The number of nitrogen functional groups attached to an aromatic ring is 2. The van der Waals surface area contributed by atoms with E-state index in [-0.39, 0.29) is 5.95 Å². The van der Waals surface area contributed by atoms with Crippen molar-refractivity contribution in [3.05, 3.63) is 30.3 Å². The molecule has 0 bridgehead atoms. The second-order valence-corrected chi connectivity index (χ2v) is 7.20. The zero-order chi connectivity index (χ0) is 21.3. The van der Waals surface area contributed by atoms with Crippen LogP contribution in [-0.4, -0.2) is 81.5 Å². The van der Waals surface area contributed by atoms with Crippen molar-refractivity contribution in [3.63, 3.8) is 0 Å². The average Bonchev–Trinajstić information content (AvgIpc) is 2.78. The largest absolute Gasteiger partial charge is 0.491 e. The predicted molar refractivity (Wildman–Crippen MR) is 120 cm³/mol. The van der Waals surface area contributed by atoms with E-state index in [1.54, 1.807) is 13.2 Å². The maximum absolute atomic E-state index is 5.75.